The van der Waals surface area contributed by atoms with E-state index in [1.54, 1.807) is 0 Å². The summed E-state index contributed by atoms with van der Waals surface area (Å²) in [6.07, 6.45) is 1.43. The lowest BCUT2D eigenvalue weighted by molar-refractivity contribution is -0.121. The molecule has 3 aromatic rings. The zero-order chi connectivity index (χ0) is 22.2. The van der Waals surface area contributed by atoms with Crippen LogP contribution < -0.4 is 10.9 Å². The molecule has 6 heteroatoms. The van der Waals surface area contributed by atoms with Crippen LogP contribution in [0.25, 0.3) is 0 Å². The van der Waals surface area contributed by atoms with Crippen molar-refractivity contribution in [2.24, 2.45) is 0 Å². The SMILES string of the molecule is CC[C@H](NC(=O)CCc1c(C)nc(SCc2ccccc2)[nH]c1=O)c1ccc(C)cc1. The molecule has 5 nitrogen and oxygen atoms in total. The van der Waals surface area contributed by atoms with Crippen molar-refractivity contribution in [3.8, 4) is 0 Å². The Morgan fingerprint density at radius 3 is 2.45 bits per heavy atom. The summed E-state index contributed by atoms with van der Waals surface area (Å²) in [6.45, 7) is 5.92. The van der Waals surface area contributed by atoms with Gasteiger partial charge < -0.3 is 10.3 Å². The van der Waals surface area contributed by atoms with Crippen molar-refractivity contribution in [3.05, 3.63) is 92.9 Å². The fourth-order valence-electron chi connectivity index (χ4n) is 3.40. The van der Waals surface area contributed by atoms with Crippen molar-refractivity contribution < 1.29 is 4.79 Å². The van der Waals surface area contributed by atoms with Crippen molar-refractivity contribution in [1.82, 2.24) is 15.3 Å². The van der Waals surface area contributed by atoms with Crippen LogP contribution in [-0.2, 0) is 17.0 Å². The lowest BCUT2D eigenvalue weighted by Crippen LogP contribution is -2.29. The number of aryl methyl sites for hydroxylation is 2. The van der Waals surface area contributed by atoms with Crippen molar-refractivity contribution >= 4 is 17.7 Å². The summed E-state index contributed by atoms with van der Waals surface area (Å²) in [4.78, 5) is 32.5. The molecule has 31 heavy (non-hydrogen) atoms. The minimum Gasteiger partial charge on any atom is -0.349 e. The first kappa shape index (κ1) is 22.8. The van der Waals surface area contributed by atoms with E-state index in [1.165, 1.54) is 22.9 Å². The highest BCUT2D eigenvalue weighted by atomic mass is 32.2. The van der Waals surface area contributed by atoms with Gasteiger partial charge in [0.15, 0.2) is 5.16 Å². The Kier molecular flexibility index (Phi) is 8.06. The van der Waals surface area contributed by atoms with E-state index in [1.807, 2.05) is 56.3 Å². The predicted octanol–water partition coefficient (Wildman–Crippen LogP) is 4.88. The number of thioether (sulfide) groups is 1. The maximum Gasteiger partial charge on any atom is 0.254 e. The normalized spacial score (nSPS) is 11.8. The third-order valence-corrected chi connectivity index (χ3v) is 6.19. The maximum atomic E-state index is 12.6. The van der Waals surface area contributed by atoms with E-state index >= 15 is 0 Å². The van der Waals surface area contributed by atoms with Gasteiger partial charge in [-0.3, -0.25) is 9.59 Å². The van der Waals surface area contributed by atoms with Crippen LogP contribution in [0.2, 0.25) is 0 Å². The molecule has 0 saturated heterocycles. The molecule has 0 fully saturated rings. The van der Waals surface area contributed by atoms with E-state index < -0.39 is 0 Å². The highest BCUT2D eigenvalue weighted by Gasteiger charge is 2.15. The number of nitrogens with zero attached hydrogens (tertiary/aromatic N) is 1. The van der Waals surface area contributed by atoms with Crippen LogP contribution in [0.5, 0.6) is 0 Å². The Bertz CT molecular complexity index is 1060. The Morgan fingerprint density at radius 1 is 1.10 bits per heavy atom. The standard InChI is InChI=1S/C25H29N3O2S/c1-4-22(20-12-10-17(2)11-13-20)27-23(29)15-14-21-18(3)26-25(28-24(21)30)31-16-19-8-6-5-7-9-19/h5-13,22H,4,14-16H2,1-3H3,(H,27,29)(H,26,28,30)/t22-/m0/s1. The number of carbonyl (C=O) groups is 1. The molecule has 0 radical (unpaired) electrons. The zero-order valence-electron chi connectivity index (χ0n) is 18.3. The highest BCUT2D eigenvalue weighted by molar-refractivity contribution is 7.98. The first-order valence-electron chi connectivity index (χ1n) is 10.6. The predicted molar refractivity (Wildman–Crippen MR) is 126 cm³/mol. The molecule has 0 unspecified atom stereocenters. The molecule has 2 N–H and O–H groups in total. The molecule has 0 aliphatic carbocycles. The summed E-state index contributed by atoms with van der Waals surface area (Å²) < 4.78 is 0. The number of carbonyl (C=O) groups excluding carboxylic acids is 1. The highest BCUT2D eigenvalue weighted by Crippen LogP contribution is 2.20. The summed E-state index contributed by atoms with van der Waals surface area (Å²) >= 11 is 1.50. The Balaban J connectivity index is 1.58. The maximum absolute atomic E-state index is 12.6. The molecule has 3 rings (SSSR count). The first-order chi connectivity index (χ1) is 15.0. The monoisotopic (exact) mass is 435 g/mol. The molecular formula is C25H29N3O2S. The zero-order valence-corrected chi connectivity index (χ0v) is 19.1. The summed E-state index contributed by atoms with van der Waals surface area (Å²) in [5, 5.41) is 3.69. The van der Waals surface area contributed by atoms with E-state index in [9.17, 15) is 9.59 Å². The second kappa shape index (κ2) is 11.0. The smallest absolute Gasteiger partial charge is 0.254 e. The van der Waals surface area contributed by atoms with E-state index in [4.69, 9.17) is 0 Å². The number of benzene rings is 2. The average Bonchev–Trinajstić information content (AvgIpc) is 2.77. The Hall–Kier alpha value is -2.86. The molecule has 0 spiro atoms. The number of hydrogen-bond donors (Lipinski definition) is 2. The number of rotatable bonds is 9. The number of aromatic amines is 1. The number of nitrogens with one attached hydrogen (secondary N) is 2. The van der Waals surface area contributed by atoms with Gasteiger partial charge in [-0.1, -0.05) is 78.8 Å². The molecule has 1 aromatic heterocycles. The van der Waals surface area contributed by atoms with Crippen molar-refractivity contribution in [2.75, 3.05) is 0 Å². The van der Waals surface area contributed by atoms with Gasteiger partial charge >= 0.3 is 0 Å². The fourth-order valence-corrected chi connectivity index (χ4v) is 4.26. The Labute approximate surface area is 187 Å². The molecule has 1 atom stereocenters. The van der Waals surface area contributed by atoms with Gasteiger partial charge in [0, 0.05) is 23.4 Å². The fraction of sp³-hybridized carbons (Fsp3) is 0.320. The quantitative estimate of drug-likeness (QED) is 0.371. The van der Waals surface area contributed by atoms with Crippen molar-refractivity contribution in [3.63, 3.8) is 0 Å². The first-order valence-corrected chi connectivity index (χ1v) is 11.6. The number of hydrogen-bond acceptors (Lipinski definition) is 4. The molecule has 1 amide bonds. The van der Waals surface area contributed by atoms with Crippen molar-refractivity contribution in [1.29, 1.82) is 0 Å². The number of aromatic nitrogens is 2. The van der Waals surface area contributed by atoms with Crippen LogP contribution in [0.15, 0.2) is 64.5 Å². The molecule has 2 aromatic carbocycles. The van der Waals surface area contributed by atoms with Gasteiger partial charge in [-0.2, -0.15) is 0 Å². The third kappa shape index (κ3) is 6.56. The molecule has 0 bridgehead atoms. The third-order valence-electron chi connectivity index (χ3n) is 5.24. The van der Waals surface area contributed by atoms with Crippen LogP contribution in [0, 0.1) is 13.8 Å². The topological polar surface area (TPSA) is 74.8 Å². The van der Waals surface area contributed by atoms with Crippen LogP contribution in [-0.4, -0.2) is 15.9 Å². The van der Waals surface area contributed by atoms with Gasteiger partial charge in [0.2, 0.25) is 5.91 Å². The second-order valence-electron chi connectivity index (χ2n) is 7.65. The average molecular weight is 436 g/mol. The van der Waals surface area contributed by atoms with Gasteiger partial charge in [-0.15, -0.1) is 0 Å². The molecule has 0 saturated carbocycles. The van der Waals surface area contributed by atoms with Gasteiger partial charge in [-0.25, -0.2) is 4.98 Å². The van der Waals surface area contributed by atoms with Crippen LogP contribution in [0.1, 0.15) is 53.8 Å². The summed E-state index contributed by atoms with van der Waals surface area (Å²) in [7, 11) is 0. The lowest BCUT2D eigenvalue weighted by Gasteiger charge is -2.18. The summed E-state index contributed by atoms with van der Waals surface area (Å²) in [5.41, 5.74) is 4.55. The largest absolute Gasteiger partial charge is 0.349 e. The van der Waals surface area contributed by atoms with Crippen LogP contribution in [0.4, 0.5) is 0 Å². The molecule has 0 aliphatic heterocycles. The van der Waals surface area contributed by atoms with Crippen LogP contribution in [0.3, 0.4) is 0 Å². The minimum atomic E-state index is -0.165. The van der Waals surface area contributed by atoms with E-state index in [0.717, 1.165) is 17.7 Å². The van der Waals surface area contributed by atoms with Gasteiger partial charge in [0.25, 0.3) is 5.56 Å². The van der Waals surface area contributed by atoms with E-state index in [0.29, 0.717) is 22.8 Å². The van der Waals surface area contributed by atoms with Crippen LogP contribution >= 0.6 is 11.8 Å². The number of amides is 1. The lowest BCUT2D eigenvalue weighted by atomic mass is 10.0. The molecule has 1 heterocycles. The number of H-pyrrole nitrogens is 1. The van der Waals surface area contributed by atoms with Gasteiger partial charge in [-0.05, 0) is 37.8 Å². The summed E-state index contributed by atoms with van der Waals surface area (Å²) in [5.74, 6) is 0.677. The van der Waals surface area contributed by atoms with E-state index in [-0.39, 0.29) is 23.9 Å². The Morgan fingerprint density at radius 2 is 1.81 bits per heavy atom. The van der Waals surface area contributed by atoms with Crippen molar-refractivity contribution in [2.45, 2.75) is 57.0 Å². The molecule has 162 valence electrons. The minimum absolute atomic E-state index is 0.0256. The van der Waals surface area contributed by atoms with Gasteiger partial charge in [0.1, 0.15) is 0 Å². The summed E-state index contributed by atoms with van der Waals surface area (Å²) in [6, 6.07) is 18.2. The van der Waals surface area contributed by atoms with E-state index in [2.05, 4.69) is 34.3 Å². The molecule has 0 aliphatic rings. The van der Waals surface area contributed by atoms with Gasteiger partial charge in [0.05, 0.1) is 6.04 Å². The second-order valence-corrected chi connectivity index (χ2v) is 8.61. The molecular weight excluding hydrogens is 406 g/mol.